The Kier molecular flexibility index (Phi) is 47.5. The van der Waals surface area contributed by atoms with Gasteiger partial charge in [-0.1, -0.05) is 164 Å². The van der Waals surface area contributed by atoms with E-state index in [1.165, 1.54) is 93.7 Å². The number of rotatable bonds is 19. The second kappa shape index (κ2) is 43.5. The number of hydrogen-bond donors (Lipinski definition) is 0. The number of benzene rings is 1. The molecule has 0 aliphatic heterocycles. The normalized spacial score (nSPS) is 12.9. The van der Waals surface area contributed by atoms with Gasteiger partial charge < -0.3 is 9.59 Å². The van der Waals surface area contributed by atoms with Crippen molar-refractivity contribution < 1.29 is 19.2 Å². The van der Waals surface area contributed by atoms with Gasteiger partial charge in [-0.3, -0.25) is 9.59 Å². The fourth-order valence-electron chi connectivity index (χ4n) is 5.45. The van der Waals surface area contributed by atoms with E-state index in [1.54, 1.807) is 20.8 Å². The van der Waals surface area contributed by atoms with Crippen LogP contribution in [0.15, 0.2) is 18.2 Å². The molecule has 52 heavy (non-hydrogen) atoms. The van der Waals surface area contributed by atoms with Crippen LogP contribution in [0.1, 0.15) is 215 Å². The van der Waals surface area contributed by atoms with Crippen molar-refractivity contribution in [3.8, 4) is 0 Å². The minimum absolute atomic E-state index is 0.206. The minimum Gasteiger partial charge on any atom is -0.300 e. The van der Waals surface area contributed by atoms with Crippen molar-refractivity contribution in [3.05, 3.63) is 34.9 Å². The minimum atomic E-state index is 0.206. The molecule has 1 saturated carbocycles. The number of hydrogen-bond acceptors (Lipinski definition) is 4. The summed E-state index contributed by atoms with van der Waals surface area (Å²) in [5.41, 5.74) is 4.24. The van der Waals surface area contributed by atoms with E-state index in [9.17, 15) is 19.2 Å². The Balaban J connectivity index is -0.000000303. The first-order chi connectivity index (χ1) is 24.9. The summed E-state index contributed by atoms with van der Waals surface area (Å²) in [6, 6.07) is 6.84. The molecule has 2 atom stereocenters. The topological polar surface area (TPSA) is 68.3 Å². The fraction of sp³-hybridized carbons (Fsp3) is 0.766. The van der Waals surface area contributed by atoms with E-state index in [0.29, 0.717) is 23.9 Å². The van der Waals surface area contributed by atoms with E-state index in [2.05, 4.69) is 59.7 Å². The summed E-state index contributed by atoms with van der Waals surface area (Å²) in [5.74, 6) is 1.60. The molecule has 0 bridgehead atoms. The Morgan fingerprint density at radius 1 is 0.731 bits per heavy atom. The van der Waals surface area contributed by atoms with Crippen LogP contribution < -0.4 is 0 Å². The molecule has 0 saturated heterocycles. The SMILES string of the molecule is C1CCCCC1.CC.CCC(C)=O.CCC(C)C(C=O)=PC.CCCCC(Cc1ccc(CCC)cc1CC)C(C)=O.CCCCCCCC(C)=O. The molecule has 4 nitrogen and oxygen atoms in total. The molecule has 0 aromatic heterocycles. The Morgan fingerprint density at radius 2 is 1.25 bits per heavy atom. The highest BCUT2D eigenvalue weighted by atomic mass is 31.1. The zero-order chi connectivity index (χ0) is 40.6. The van der Waals surface area contributed by atoms with Gasteiger partial charge in [0.25, 0.3) is 0 Å². The van der Waals surface area contributed by atoms with E-state index >= 15 is 0 Å². The highest BCUT2D eigenvalue weighted by Crippen LogP contribution is 2.22. The second-order valence-corrected chi connectivity index (χ2v) is 14.9. The lowest BCUT2D eigenvalue weighted by molar-refractivity contribution is -0.121. The van der Waals surface area contributed by atoms with Crippen LogP contribution in [-0.4, -0.2) is 35.6 Å². The van der Waals surface area contributed by atoms with E-state index in [4.69, 9.17) is 0 Å². The summed E-state index contributed by atoms with van der Waals surface area (Å²) in [7, 11) is 1.12. The summed E-state index contributed by atoms with van der Waals surface area (Å²) in [6.07, 6.45) is 26.4. The van der Waals surface area contributed by atoms with Gasteiger partial charge >= 0.3 is 0 Å². The molecule has 1 aromatic rings. The molecule has 0 spiro atoms. The Morgan fingerprint density at radius 3 is 1.60 bits per heavy atom. The summed E-state index contributed by atoms with van der Waals surface area (Å²) in [5, 5.41) is 1.01. The first-order valence-corrected chi connectivity index (χ1v) is 22.8. The van der Waals surface area contributed by atoms with Crippen LogP contribution in [0.3, 0.4) is 0 Å². The molecule has 5 heteroatoms. The zero-order valence-corrected chi connectivity index (χ0v) is 37.8. The van der Waals surface area contributed by atoms with Crippen LogP contribution in [0.25, 0.3) is 0 Å². The lowest BCUT2D eigenvalue weighted by Crippen LogP contribution is -2.15. The maximum absolute atomic E-state index is 11.8. The van der Waals surface area contributed by atoms with E-state index in [0.717, 1.165) is 71.2 Å². The third kappa shape index (κ3) is 37.8. The maximum atomic E-state index is 11.8. The highest BCUT2D eigenvalue weighted by molar-refractivity contribution is 7.42. The molecule has 1 aliphatic carbocycles. The molecule has 2 rings (SSSR count). The van der Waals surface area contributed by atoms with Crippen molar-refractivity contribution in [2.75, 3.05) is 6.66 Å². The van der Waals surface area contributed by atoms with Crippen molar-refractivity contribution in [2.24, 2.45) is 11.8 Å². The van der Waals surface area contributed by atoms with Gasteiger partial charge in [-0.05, 0) is 88.6 Å². The van der Waals surface area contributed by atoms with Crippen LogP contribution in [0, 0.1) is 11.8 Å². The maximum Gasteiger partial charge on any atom is 0.150 e. The molecular weight excluding hydrogens is 659 g/mol. The summed E-state index contributed by atoms with van der Waals surface area (Å²) in [4.78, 5) is 42.4. The number of aldehydes is 1. The molecule has 0 N–H and O–H groups in total. The average molecular weight is 747 g/mol. The van der Waals surface area contributed by atoms with Crippen molar-refractivity contribution in [2.45, 2.75) is 218 Å². The molecule has 1 aromatic carbocycles. The fourth-order valence-corrected chi connectivity index (χ4v) is 6.18. The first-order valence-electron chi connectivity index (χ1n) is 21.4. The van der Waals surface area contributed by atoms with Gasteiger partial charge in [0.05, 0.1) is 0 Å². The van der Waals surface area contributed by atoms with Crippen LogP contribution in [0.2, 0.25) is 0 Å². The predicted molar refractivity (Wildman–Crippen MR) is 235 cm³/mol. The first kappa shape index (κ1) is 56.8. The second-order valence-electron chi connectivity index (χ2n) is 14.0. The Labute approximate surface area is 326 Å². The monoisotopic (exact) mass is 747 g/mol. The number of unbranched alkanes of at least 4 members (excludes halogenated alkanes) is 5. The van der Waals surface area contributed by atoms with Gasteiger partial charge in [-0.25, -0.2) is 0 Å². The lowest BCUT2D eigenvalue weighted by atomic mass is 9.87. The third-order valence-corrected chi connectivity index (χ3v) is 10.3. The molecule has 1 fully saturated rings. The molecule has 1 aliphatic rings. The molecule has 0 radical (unpaired) electrons. The molecule has 0 heterocycles. The number of ketones is 3. The molecule has 0 amide bonds. The standard InChI is InChI=1S/C19H30O.C9H18O.C7H13OP.C6H12.C4H8O.C2H6/c1-5-8-10-18(15(4)20)14-19-12-11-16(9-6-2)13-17(19)7-3;1-3-4-5-6-7-8-9(2)10;1-4-6(2)7(5-8)9-3;1-2-4-6-5-3-1;1-3-4(2)5;1-2/h11-13,18H,5-10,14H2,1-4H3;3-8H2,1-2H3;5-6H,4H2,1-3H3;1-6H2;3H2,1-2H3;1-2H3. The molecular formula is C47H87O4P. The van der Waals surface area contributed by atoms with Crippen LogP contribution >= 0.6 is 8.20 Å². The van der Waals surface area contributed by atoms with Crippen LogP contribution in [0.5, 0.6) is 0 Å². The van der Waals surface area contributed by atoms with Crippen LogP contribution in [0.4, 0.5) is 0 Å². The highest BCUT2D eigenvalue weighted by Gasteiger charge is 2.16. The third-order valence-electron chi connectivity index (χ3n) is 9.26. The quantitative estimate of drug-likeness (QED) is 0.0803. The Bertz CT molecular complexity index is 997. The summed E-state index contributed by atoms with van der Waals surface area (Å²) < 4.78 is 0. The number of Topliss-reactive ketones (excluding diaryl/α,β-unsaturated/α-hetero) is 3. The van der Waals surface area contributed by atoms with Gasteiger partial charge in [0.2, 0.25) is 0 Å². The lowest BCUT2D eigenvalue weighted by Gasteiger charge is -2.16. The van der Waals surface area contributed by atoms with Crippen LogP contribution in [-0.2, 0) is 38.4 Å². The van der Waals surface area contributed by atoms with E-state index in [-0.39, 0.29) is 11.7 Å². The van der Waals surface area contributed by atoms with Gasteiger partial charge in [0.15, 0.2) is 6.29 Å². The van der Waals surface area contributed by atoms with Crippen molar-refractivity contribution >= 4 is 37.1 Å². The number of carbonyl (C=O) groups excluding carboxylic acids is 4. The number of aryl methyl sites for hydroxylation is 2. The Hall–Kier alpha value is -1.93. The number of carbonyl (C=O) groups is 4. The van der Waals surface area contributed by atoms with Crippen molar-refractivity contribution in [1.29, 1.82) is 0 Å². The molecule has 2 unspecified atom stereocenters. The summed E-state index contributed by atoms with van der Waals surface area (Å²) in [6.45, 7) is 25.8. The largest absolute Gasteiger partial charge is 0.300 e. The smallest absolute Gasteiger partial charge is 0.150 e. The van der Waals surface area contributed by atoms with E-state index in [1.807, 2.05) is 27.4 Å². The predicted octanol–water partition coefficient (Wildman–Crippen LogP) is 14.4. The van der Waals surface area contributed by atoms with Gasteiger partial charge in [-0.15, -0.1) is 8.20 Å². The van der Waals surface area contributed by atoms with Gasteiger partial charge in [-0.2, -0.15) is 0 Å². The average Bonchev–Trinajstić information content (AvgIpc) is 3.16. The zero-order valence-electron chi connectivity index (χ0n) is 36.9. The van der Waals surface area contributed by atoms with Gasteiger partial charge in [0.1, 0.15) is 17.3 Å². The van der Waals surface area contributed by atoms with E-state index < -0.39 is 0 Å². The summed E-state index contributed by atoms with van der Waals surface area (Å²) >= 11 is 0. The molecule has 304 valence electrons. The van der Waals surface area contributed by atoms with Gasteiger partial charge in [0, 0.05) is 24.1 Å². The van der Waals surface area contributed by atoms with Crippen molar-refractivity contribution in [1.82, 2.24) is 0 Å². The van der Waals surface area contributed by atoms with Crippen molar-refractivity contribution in [3.63, 3.8) is 0 Å².